The number of hydrogen-bond donors (Lipinski definition) is 1. The fourth-order valence-electron chi connectivity index (χ4n) is 1.58. The third-order valence-corrected chi connectivity index (χ3v) is 2.47. The standard InChI is InChI=1S/C14H14N4O2/c1-3-16-14-17-7-6-13(18-14)20-11-5-4-10(9-15)8-12(11)19-2/h4-8H,3H2,1-2H3,(H,16,17,18). The average molecular weight is 270 g/mol. The summed E-state index contributed by atoms with van der Waals surface area (Å²) in [6, 6.07) is 8.64. The number of methoxy groups -OCH3 is 1. The molecule has 1 heterocycles. The Labute approximate surface area is 117 Å². The first-order valence-corrected chi connectivity index (χ1v) is 6.09. The molecular formula is C14H14N4O2. The van der Waals surface area contributed by atoms with Gasteiger partial charge in [-0.05, 0) is 19.1 Å². The number of benzene rings is 1. The Kier molecular flexibility index (Phi) is 4.35. The van der Waals surface area contributed by atoms with E-state index >= 15 is 0 Å². The van der Waals surface area contributed by atoms with Crippen molar-refractivity contribution in [3.8, 4) is 23.4 Å². The fraction of sp³-hybridized carbons (Fsp3) is 0.214. The molecule has 0 amide bonds. The van der Waals surface area contributed by atoms with Gasteiger partial charge >= 0.3 is 0 Å². The van der Waals surface area contributed by atoms with Crippen molar-refractivity contribution in [1.82, 2.24) is 9.97 Å². The molecule has 0 radical (unpaired) electrons. The highest BCUT2D eigenvalue weighted by atomic mass is 16.5. The van der Waals surface area contributed by atoms with E-state index in [2.05, 4.69) is 15.3 Å². The van der Waals surface area contributed by atoms with E-state index in [9.17, 15) is 0 Å². The Balaban J connectivity index is 2.25. The van der Waals surface area contributed by atoms with E-state index in [1.165, 1.54) is 7.11 Å². The smallest absolute Gasteiger partial charge is 0.225 e. The number of anilines is 1. The lowest BCUT2D eigenvalue weighted by Crippen LogP contribution is -2.02. The molecule has 1 N–H and O–H groups in total. The Bertz CT molecular complexity index is 637. The predicted molar refractivity (Wildman–Crippen MR) is 74.0 cm³/mol. The highest BCUT2D eigenvalue weighted by molar-refractivity contribution is 5.48. The molecule has 102 valence electrons. The highest BCUT2D eigenvalue weighted by Gasteiger charge is 2.08. The molecule has 6 heteroatoms. The Morgan fingerprint density at radius 1 is 1.30 bits per heavy atom. The van der Waals surface area contributed by atoms with Gasteiger partial charge in [-0.25, -0.2) is 4.98 Å². The van der Waals surface area contributed by atoms with Crippen LogP contribution in [0.1, 0.15) is 12.5 Å². The first kappa shape index (κ1) is 13.6. The van der Waals surface area contributed by atoms with E-state index < -0.39 is 0 Å². The van der Waals surface area contributed by atoms with Crippen LogP contribution in [-0.2, 0) is 0 Å². The summed E-state index contributed by atoms with van der Waals surface area (Å²) in [5.41, 5.74) is 0.505. The topological polar surface area (TPSA) is 80.1 Å². The largest absolute Gasteiger partial charge is 0.493 e. The third kappa shape index (κ3) is 3.14. The lowest BCUT2D eigenvalue weighted by Gasteiger charge is -2.10. The molecule has 2 aromatic rings. The summed E-state index contributed by atoms with van der Waals surface area (Å²) >= 11 is 0. The number of nitrogens with one attached hydrogen (secondary N) is 1. The lowest BCUT2D eigenvalue weighted by atomic mass is 10.2. The quantitative estimate of drug-likeness (QED) is 0.899. The van der Waals surface area contributed by atoms with E-state index in [0.717, 1.165) is 6.54 Å². The van der Waals surface area contributed by atoms with Crippen molar-refractivity contribution < 1.29 is 9.47 Å². The Hall–Kier alpha value is -2.81. The molecule has 0 bridgehead atoms. The molecule has 0 aliphatic carbocycles. The number of nitriles is 1. The normalized spacial score (nSPS) is 9.65. The van der Waals surface area contributed by atoms with Gasteiger partial charge in [0.1, 0.15) is 0 Å². The van der Waals surface area contributed by atoms with Crippen LogP contribution in [0.25, 0.3) is 0 Å². The van der Waals surface area contributed by atoms with Crippen molar-refractivity contribution in [2.75, 3.05) is 19.0 Å². The van der Waals surface area contributed by atoms with E-state index in [-0.39, 0.29) is 0 Å². The van der Waals surface area contributed by atoms with Crippen molar-refractivity contribution in [3.05, 3.63) is 36.0 Å². The first-order chi connectivity index (χ1) is 9.76. The zero-order valence-corrected chi connectivity index (χ0v) is 11.3. The first-order valence-electron chi connectivity index (χ1n) is 6.09. The number of rotatable bonds is 5. The summed E-state index contributed by atoms with van der Waals surface area (Å²) in [7, 11) is 1.52. The molecule has 0 aliphatic rings. The van der Waals surface area contributed by atoms with E-state index in [0.29, 0.717) is 28.9 Å². The van der Waals surface area contributed by atoms with Gasteiger partial charge in [-0.3, -0.25) is 0 Å². The lowest BCUT2D eigenvalue weighted by molar-refractivity contribution is 0.374. The molecule has 20 heavy (non-hydrogen) atoms. The van der Waals surface area contributed by atoms with Crippen molar-refractivity contribution in [3.63, 3.8) is 0 Å². The zero-order valence-electron chi connectivity index (χ0n) is 11.3. The summed E-state index contributed by atoms with van der Waals surface area (Å²) in [4.78, 5) is 8.27. The van der Waals surface area contributed by atoms with Crippen LogP contribution in [0, 0.1) is 11.3 Å². The number of aromatic nitrogens is 2. The third-order valence-electron chi connectivity index (χ3n) is 2.47. The number of nitrogens with zero attached hydrogens (tertiary/aromatic N) is 3. The van der Waals surface area contributed by atoms with Crippen LogP contribution in [0.5, 0.6) is 17.4 Å². The van der Waals surface area contributed by atoms with Gasteiger partial charge < -0.3 is 14.8 Å². The van der Waals surface area contributed by atoms with Gasteiger partial charge in [0.25, 0.3) is 0 Å². The van der Waals surface area contributed by atoms with Crippen molar-refractivity contribution >= 4 is 5.95 Å². The molecular weight excluding hydrogens is 256 g/mol. The average Bonchev–Trinajstić information content (AvgIpc) is 2.48. The highest BCUT2D eigenvalue weighted by Crippen LogP contribution is 2.31. The van der Waals surface area contributed by atoms with Crippen LogP contribution in [-0.4, -0.2) is 23.6 Å². The Morgan fingerprint density at radius 2 is 2.15 bits per heavy atom. The SMILES string of the molecule is CCNc1nccc(Oc2ccc(C#N)cc2OC)n1. The van der Waals surface area contributed by atoms with E-state index in [1.54, 1.807) is 30.5 Å². The van der Waals surface area contributed by atoms with Crippen LogP contribution in [0.4, 0.5) is 5.95 Å². The summed E-state index contributed by atoms with van der Waals surface area (Å²) < 4.78 is 10.9. The van der Waals surface area contributed by atoms with Crippen LogP contribution in [0.3, 0.4) is 0 Å². The minimum Gasteiger partial charge on any atom is -0.493 e. The summed E-state index contributed by atoms with van der Waals surface area (Å²) in [6.07, 6.45) is 1.61. The second-order valence-corrected chi connectivity index (χ2v) is 3.83. The van der Waals surface area contributed by atoms with E-state index in [4.69, 9.17) is 14.7 Å². The maximum Gasteiger partial charge on any atom is 0.225 e. The molecule has 0 fully saturated rings. The van der Waals surface area contributed by atoms with Crippen molar-refractivity contribution in [2.45, 2.75) is 6.92 Å². The van der Waals surface area contributed by atoms with Gasteiger partial charge in [-0.2, -0.15) is 10.2 Å². The Morgan fingerprint density at radius 3 is 2.85 bits per heavy atom. The minimum absolute atomic E-state index is 0.402. The van der Waals surface area contributed by atoms with Crippen molar-refractivity contribution in [2.24, 2.45) is 0 Å². The van der Waals surface area contributed by atoms with Gasteiger partial charge in [0.15, 0.2) is 11.5 Å². The van der Waals surface area contributed by atoms with Crippen LogP contribution < -0.4 is 14.8 Å². The molecule has 6 nitrogen and oxygen atoms in total. The van der Waals surface area contributed by atoms with Gasteiger partial charge in [0.05, 0.1) is 18.7 Å². The molecule has 1 aromatic carbocycles. The molecule has 0 saturated heterocycles. The van der Waals surface area contributed by atoms with Gasteiger partial charge in [0.2, 0.25) is 11.8 Å². The fourth-order valence-corrected chi connectivity index (χ4v) is 1.58. The number of ether oxygens (including phenoxy) is 2. The molecule has 1 aromatic heterocycles. The van der Waals surface area contributed by atoms with Crippen LogP contribution >= 0.6 is 0 Å². The maximum absolute atomic E-state index is 8.86. The summed E-state index contributed by atoms with van der Waals surface area (Å²) in [5, 5.41) is 11.9. The summed E-state index contributed by atoms with van der Waals surface area (Å²) in [5.74, 6) is 1.87. The summed E-state index contributed by atoms with van der Waals surface area (Å²) in [6.45, 7) is 2.68. The molecule has 0 unspecified atom stereocenters. The molecule has 0 aliphatic heterocycles. The molecule has 0 spiro atoms. The second kappa shape index (κ2) is 6.38. The van der Waals surface area contributed by atoms with Gasteiger partial charge in [-0.1, -0.05) is 0 Å². The van der Waals surface area contributed by atoms with Crippen LogP contribution in [0.15, 0.2) is 30.5 Å². The van der Waals surface area contributed by atoms with Crippen LogP contribution in [0.2, 0.25) is 0 Å². The zero-order chi connectivity index (χ0) is 14.4. The maximum atomic E-state index is 8.86. The monoisotopic (exact) mass is 270 g/mol. The molecule has 2 rings (SSSR count). The van der Waals surface area contributed by atoms with Gasteiger partial charge in [-0.15, -0.1) is 0 Å². The minimum atomic E-state index is 0.402. The number of hydrogen-bond acceptors (Lipinski definition) is 6. The molecule has 0 saturated carbocycles. The molecule has 0 atom stereocenters. The van der Waals surface area contributed by atoms with Gasteiger partial charge in [0, 0.05) is 24.9 Å². The second-order valence-electron chi connectivity index (χ2n) is 3.83. The predicted octanol–water partition coefficient (Wildman–Crippen LogP) is 2.58. The van der Waals surface area contributed by atoms with E-state index in [1.807, 2.05) is 13.0 Å². The van der Waals surface area contributed by atoms with Crippen molar-refractivity contribution in [1.29, 1.82) is 5.26 Å².